The van der Waals surface area contributed by atoms with E-state index < -0.39 is 47.2 Å². The monoisotopic (exact) mass is 438 g/mol. The third-order valence-electron chi connectivity index (χ3n) is 6.50. The van der Waals surface area contributed by atoms with Crippen LogP contribution in [0, 0.1) is 11.8 Å². The number of nitrogens with zero attached hydrogens (tertiary/aromatic N) is 1. The van der Waals surface area contributed by atoms with E-state index in [0.717, 1.165) is 10.5 Å². The smallest absolute Gasteiger partial charge is 0.325 e. The van der Waals surface area contributed by atoms with Gasteiger partial charge in [-0.05, 0) is 25.5 Å². The van der Waals surface area contributed by atoms with E-state index in [9.17, 15) is 24.6 Å². The lowest BCUT2D eigenvalue weighted by Gasteiger charge is -2.32. The Morgan fingerprint density at radius 1 is 1.12 bits per heavy atom. The van der Waals surface area contributed by atoms with Crippen LogP contribution < -0.4 is 10.1 Å². The first kappa shape index (κ1) is 21.8. The molecule has 3 N–H and O–H groups in total. The van der Waals surface area contributed by atoms with E-state index in [1.807, 2.05) is 6.07 Å². The molecule has 32 heavy (non-hydrogen) atoms. The largest absolute Gasteiger partial charge is 0.504 e. The zero-order valence-electron chi connectivity index (χ0n) is 18.1. The van der Waals surface area contributed by atoms with Crippen LogP contribution in [-0.2, 0) is 20.8 Å². The SMILES string of the molecule is COc1cccc([C@@H]2N[C@](Cc3ccccc3)(C(=O)O)[C@H]3C(=O)N(C(C)C)C(=O)[C@@H]23)c1O. The quantitative estimate of drug-likeness (QED) is 0.592. The fraction of sp³-hybridized carbons (Fsp3) is 0.375. The molecule has 8 nitrogen and oxygen atoms in total. The fourth-order valence-corrected chi connectivity index (χ4v) is 5.11. The lowest BCUT2D eigenvalue weighted by molar-refractivity contribution is -0.152. The molecule has 4 rings (SSSR count). The van der Waals surface area contributed by atoms with Crippen LogP contribution in [0.4, 0.5) is 0 Å². The van der Waals surface area contributed by atoms with Gasteiger partial charge < -0.3 is 14.9 Å². The zero-order valence-corrected chi connectivity index (χ0v) is 18.1. The second kappa shape index (κ2) is 7.94. The minimum Gasteiger partial charge on any atom is -0.504 e. The molecule has 2 heterocycles. The minimum absolute atomic E-state index is 0.0104. The van der Waals surface area contributed by atoms with Gasteiger partial charge in [0.1, 0.15) is 5.54 Å². The molecule has 8 heteroatoms. The van der Waals surface area contributed by atoms with Gasteiger partial charge in [0.15, 0.2) is 11.5 Å². The molecule has 2 aliphatic heterocycles. The molecule has 2 fully saturated rings. The Labute approximate surface area is 185 Å². The van der Waals surface area contributed by atoms with E-state index in [1.165, 1.54) is 7.11 Å². The Kier molecular flexibility index (Phi) is 5.42. The molecular weight excluding hydrogens is 412 g/mol. The maximum Gasteiger partial charge on any atom is 0.325 e. The predicted octanol–water partition coefficient (Wildman–Crippen LogP) is 2.12. The Balaban J connectivity index is 1.90. The van der Waals surface area contributed by atoms with E-state index in [-0.39, 0.29) is 17.9 Å². The number of imide groups is 1. The van der Waals surface area contributed by atoms with Gasteiger partial charge in [-0.25, -0.2) is 0 Å². The van der Waals surface area contributed by atoms with Crippen molar-refractivity contribution in [3.63, 3.8) is 0 Å². The molecule has 0 aliphatic carbocycles. The number of hydrogen-bond donors (Lipinski definition) is 3. The number of phenols is 1. The van der Waals surface area contributed by atoms with Crippen molar-refractivity contribution in [2.45, 2.75) is 37.9 Å². The number of methoxy groups -OCH3 is 1. The highest BCUT2D eigenvalue weighted by Gasteiger charge is 2.68. The van der Waals surface area contributed by atoms with E-state index >= 15 is 0 Å². The molecule has 0 spiro atoms. The number of carboxylic acid groups (broad SMARTS) is 1. The van der Waals surface area contributed by atoms with Gasteiger partial charge >= 0.3 is 5.97 Å². The van der Waals surface area contributed by atoms with Gasteiger partial charge in [0, 0.05) is 24.1 Å². The van der Waals surface area contributed by atoms with E-state index in [1.54, 1.807) is 56.3 Å². The van der Waals surface area contributed by atoms with Crippen molar-refractivity contribution in [1.82, 2.24) is 10.2 Å². The lowest BCUT2D eigenvalue weighted by atomic mass is 9.76. The summed E-state index contributed by atoms with van der Waals surface area (Å²) < 4.78 is 5.20. The van der Waals surface area contributed by atoms with Crippen LogP contribution in [0.1, 0.15) is 31.0 Å². The third kappa shape index (κ3) is 3.14. The molecular formula is C24H26N2O6. The molecule has 0 saturated carbocycles. The number of benzene rings is 2. The Morgan fingerprint density at radius 3 is 2.41 bits per heavy atom. The summed E-state index contributed by atoms with van der Waals surface area (Å²) in [6.07, 6.45) is 0.0104. The first-order valence-electron chi connectivity index (χ1n) is 10.5. The van der Waals surface area contributed by atoms with Crippen LogP contribution >= 0.6 is 0 Å². The Bertz CT molecular complexity index is 1070. The lowest BCUT2D eigenvalue weighted by Crippen LogP contribution is -2.57. The molecule has 0 radical (unpaired) electrons. The van der Waals surface area contributed by atoms with Crippen molar-refractivity contribution in [2.24, 2.45) is 11.8 Å². The van der Waals surface area contributed by atoms with E-state index in [0.29, 0.717) is 5.56 Å². The number of aromatic hydroxyl groups is 1. The third-order valence-corrected chi connectivity index (χ3v) is 6.50. The van der Waals surface area contributed by atoms with E-state index in [4.69, 9.17) is 4.74 Å². The zero-order chi connectivity index (χ0) is 23.2. The Hall–Kier alpha value is -3.39. The van der Waals surface area contributed by atoms with E-state index in [2.05, 4.69) is 5.32 Å². The average Bonchev–Trinajstić information content (AvgIpc) is 3.23. The molecule has 0 unspecified atom stereocenters. The fourth-order valence-electron chi connectivity index (χ4n) is 5.11. The van der Waals surface area contributed by atoms with Gasteiger partial charge in [0.25, 0.3) is 0 Å². The van der Waals surface area contributed by atoms with Gasteiger partial charge in [0.05, 0.1) is 18.9 Å². The minimum atomic E-state index is -1.72. The van der Waals surface area contributed by atoms with Crippen LogP contribution in [0.3, 0.4) is 0 Å². The number of phenolic OH excluding ortho intramolecular Hbond substituents is 1. The highest BCUT2D eigenvalue weighted by atomic mass is 16.5. The van der Waals surface area contributed by atoms with Crippen LogP contribution in [0.2, 0.25) is 0 Å². The number of nitrogens with one attached hydrogen (secondary N) is 1. The van der Waals surface area contributed by atoms with Crippen molar-refractivity contribution in [3.05, 3.63) is 59.7 Å². The summed E-state index contributed by atoms with van der Waals surface area (Å²) >= 11 is 0. The van der Waals surface area contributed by atoms with Crippen molar-refractivity contribution in [1.29, 1.82) is 0 Å². The number of rotatable bonds is 6. The molecule has 168 valence electrons. The summed E-state index contributed by atoms with van der Waals surface area (Å²) in [5.41, 5.74) is -0.676. The van der Waals surface area contributed by atoms with Crippen molar-refractivity contribution < 1.29 is 29.3 Å². The maximum atomic E-state index is 13.4. The highest BCUT2D eigenvalue weighted by molar-refractivity contribution is 6.09. The van der Waals surface area contributed by atoms with Crippen LogP contribution in [0.25, 0.3) is 0 Å². The second-order valence-electron chi connectivity index (χ2n) is 8.60. The maximum absolute atomic E-state index is 13.4. The van der Waals surface area contributed by atoms with Gasteiger partial charge in [-0.3, -0.25) is 24.6 Å². The topological polar surface area (TPSA) is 116 Å². The van der Waals surface area contributed by atoms with Crippen molar-refractivity contribution in [2.75, 3.05) is 7.11 Å². The summed E-state index contributed by atoms with van der Waals surface area (Å²) in [6.45, 7) is 3.45. The second-order valence-corrected chi connectivity index (χ2v) is 8.60. The number of ether oxygens (including phenoxy) is 1. The molecule has 2 aliphatic rings. The molecule has 2 aromatic rings. The molecule has 2 amide bonds. The summed E-state index contributed by atoms with van der Waals surface area (Å²) in [6, 6.07) is 12.5. The molecule has 2 aromatic carbocycles. The summed E-state index contributed by atoms with van der Waals surface area (Å²) in [4.78, 5) is 40.8. The molecule has 0 bridgehead atoms. The van der Waals surface area contributed by atoms with Gasteiger partial charge in [-0.1, -0.05) is 42.5 Å². The normalized spacial score (nSPS) is 27.1. The molecule has 0 aromatic heterocycles. The number of carboxylic acids is 1. The number of likely N-dealkylation sites (tertiary alicyclic amines) is 1. The number of aliphatic carboxylic acids is 1. The van der Waals surface area contributed by atoms with Crippen LogP contribution in [0.15, 0.2) is 48.5 Å². The first-order chi connectivity index (χ1) is 15.2. The molecule has 4 atom stereocenters. The first-order valence-corrected chi connectivity index (χ1v) is 10.5. The van der Waals surface area contributed by atoms with Crippen LogP contribution in [-0.4, -0.2) is 51.6 Å². The molecule has 2 saturated heterocycles. The average molecular weight is 438 g/mol. The number of fused-ring (bicyclic) bond motifs is 1. The number of hydrogen-bond acceptors (Lipinski definition) is 6. The van der Waals surface area contributed by atoms with Gasteiger partial charge in [0.2, 0.25) is 11.8 Å². The predicted molar refractivity (Wildman–Crippen MR) is 115 cm³/mol. The van der Waals surface area contributed by atoms with Crippen molar-refractivity contribution in [3.8, 4) is 11.5 Å². The number of carbonyl (C=O) groups is 3. The highest BCUT2D eigenvalue weighted by Crippen LogP contribution is 2.52. The van der Waals surface area contributed by atoms with Gasteiger partial charge in [-0.2, -0.15) is 0 Å². The summed E-state index contributed by atoms with van der Waals surface area (Å²) in [7, 11) is 1.41. The number of carbonyl (C=O) groups excluding carboxylic acids is 2. The van der Waals surface area contributed by atoms with Gasteiger partial charge in [-0.15, -0.1) is 0 Å². The number of para-hydroxylation sites is 1. The standard InChI is InChI=1S/C24H26N2O6/c1-13(2)26-21(28)17-18(22(26)29)24(23(30)31,12-14-8-5-4-6-9-14)25-19(17)15-10-7-11-16(32-3)20(15)27/h4-11,13,17-19,25,27H,12H2,1-3H3,(H,30,31)/t17-,18-,19+,24+/m1/s1. The van der Waals surface area contributed by atoms with Crippen molar-refractivity contribution >= 4 is 17.8 Å². The Morgan fingerprint density at radius 2 is 1.81 bits per heavy atom. The summed E-state index contributed by atoms with van der Waals surface area (Å²) in [5.74, 6) is -4.23. The number of amides is 2. The summed E-state index contributed by atoms with van der Waals surface area (Å²) in [5, 5.41) is 24.3. The van der Waals surface area contributed by atoms with Crippen LogP contribution in [0.5, 0.6) is 11.5 Å².